The summed E-state index contributed by atoms with van der Waals surface area (Å²) in [7, 11) is 0. The van der Waals surface area contributed by atoms with E-state index in [9.17, 15) is 9.59 Å². The first kappa shape index (κ1) is 14.7. The van der Waals surface area contributed by atoms with E-state index in [1.54, 1.807) is 20.8 Å². The molecule has 0 spiro atoms. The molecular weight excluding hydrogens is 168 g/mol. The summed E-state index contributed by atoms with van der Waals surface area (Å²) < 4.78 is 0. The number of hydrogen-bond donors (Lipinski definition) is 1. The summed E-state index contributed by atoms with van der Waals surface area (Å²) in [5, 5.41) is 7.99. The average Bonchev–Trinajstić information content (AvgIpc) is 2.03. The first-order valence-corrected chi connectivity index (χ1v) is 4.56. The predicted molar refractivity (Wildman–Crippen MR) is 52.6 cm³/mol. The third-order valence-electron chi connectivity index (χ3n) is 1.80. The van der Waals surface area contributed by atoms with E-state index in [1.165, 1.54) is 0 Å². The van der Waals surface area contributed by atoms with Crippen molar-refractivity contribution in [2.75, 3.05) is 0 Å². The standard InChI is InChI=1S/C6H12O.C4H8O2/c1-4-5(2)6(3)7;1-3(2)4(5)6/h5H,4H2,1-3H3;3H,1-2H3,(H,5,6). The monoisotopic (exact) mass is 188 g/mol. The number of ketones is 1. The molecule has 0 aromatic carbocycles. The van der Waals surface area contributed by atoms with E-state index < -0.39 is 5.97 Å². The van der Waals surface area contributed by atoms with Crippen molar-refractivity contribution < 1.29 is 14.7 Å². The first-order valence-electron chi connectivity index (χ1n) is 4.56. The summed E-state index contributed by atoms with van der Waals surface area (Å²) in [5.41, 5.74) is 0. The lowest BCUT2D eigenvalue weighted by atomic mass is 10.1. The molecule has 13 heavy (non-hydrogen) atoms. The van der Waals surface area contributed by atoms with Gasteiger partial charge in [-0.1, -0.05) is 27.7 Å². The summed E-state index contributed by atoms with van der Waals surface area (Å²) >= 11 is 0. The second kappa shape index (κ2) is 7.77. The number of carboxylic acid groups (broad SMARTS) is 1. The van der Waals surface area contributed by atoms with Crippen LogP contribution < -0.4 is 0 Å². The third kappa shape index (κ3) is 11.1. The van der Waals surface area contributed by atoms with Crippen molar-refractivity contribution in [3.05, 3.63) is 0 Å². The minimum Gasteiger partial charge on any atom is -0.481 e. The number of aliphatic carboxylic acids is 1. The second-order valence-electron chi connectivity index (χ2n) is 3.41. The quantitative estimate of drug-likeness (QED) is 0.739. The van der Waals surface area contributed by atoms with E-state index in [1.807, 2.05) is 13.8 Å². The minimum absolute atomic E-state index is 0.231. The molecule has 0 aliphatic carbocycles. The molecule has 0 saturated heterocycles. The van der Waals surface area contributed by atoms with Crippen molar-refractivity contribution in [3.63, 3.8) is 0 Å². The van der Waals surface area contributed by atoms with E-state index in [2.05, 4.69) is 0 Å². The molecule has 0 aliphatic rings. The summed E-state index contributed by atoms with van der Waals surface area (Å²) in [4.78, 5) is 20.1. The molecule has 0 amide bonds. The Morgan fingerprint density at radius 2 is 1.54 bits per heavy atom. The van der Waals surface area contributed by atoms with E-state index >= 15 is 0 Å². The Kier molecular flexibility index (Phi) is 8.76. The molecule has 3 heteroatoms. The van der Waals surface area contributed by atoms with Gasteiger partial charge in [0, 0.05) is 5.92 Å². The maximum atomic E-state index is 10.4. The van der Waals surface area contributed by atoms with Crippen LogP contribution in [0.15, 0.2) is 0 Å². The molecule has 0 saturated carbocycles. The van der Waals surface area contributed by atoms with Gasteiger partial charge in [-0.2, -0.15) is 0 Å². The molecule has 1 unspecified atom stereocenters. The molecular formula is C10H20O3. The predicted octanol–water partition coefficient (Wildman–Crippen LogP) is 2.35. The smallest absolute Gasteiger partial charge is 0.305 e. The Morgan fingerprint density at radius 1 is 1.23 bits per heavy atom. The molecule has 78 valence electrons. The summed E-state index contributed by atoms with van der Waals surface area (Å²) in [6, 6.07) is 0. The fraction of sp³-hybridized carbons (Fsp3) is 0.800. The SMILES string of the molecule is CC(C)C(=O)O.CCC(C)C(C)=O. The van der Waals surface area contributed by atoms with Crippen LogP contribution in [0.4, 0.5) is 0 Å². The third-order valence-corrected chi connectivity index (χ3v) is 1.80. The van der Waals surface area contributed by atoms with Gasteiger partial charge >= 0.3 is 5.97 Å². The number of carboxylic acids is 1. The van der Waals surface area contributed by atoms with Gasteiger partial charge in [-0.05, 0) is 13.3 Å². The Morgan fingerprint density at radius 3 is 1.54 bits per heavy atom. The Balaban J connectivity index is 0. The highest BCUT2D eigenvalue weighted by molar-refractivity contribution is 5.77. The number of carbonyl (C=O) groups is 2. The lowest BCUT2D eigenvalue weighted by molar-refractivity contribution is -0.140. The van der Waals surface area contributed by atoms with E-state index in [4.69, 9.17) is 5.11 Å². The Bertz CT molecular complexity index is 162. The van der Waals surface area contributed by atoms with Crippen molar-refractivity contribution in [1.29, 1.82) is 0 Å². The van der Waals surface area contributed by atoms with Crippen LogP contribution in [0.25, 0.3) is 0 Å². The van der Waals surface area contributed by atoms with Crippen molar-refractivity contribution >= 4 is 11.8 Å². The van der Waals surface area contributed by atoms with Crippen molar-refractivity contribution in [1.82, 2.24) is 0 Å². The number of Topliss-reactive ketones (excluding diaryl/α,β-unsaturated/α-hetero) is 1. The zero-order chi connectivity index (χ0) is 11.0. The van der Waals surface area contributed by atoms with Crippen LogP contribution in [0.1, 0.15) is 41.0 Å². The summed E-state index contributed by atoms with van der Waals surface area (Å²) in [6.45, 7) is 8.88. The van der Waals surface area contributed by atoms with Crippen LogP contribution >= 0.6 is 0 Å². The highest BCUT2D eigenvalue weighted by Crippen LogP contribution is 1.99. The summed E-state index contributed by atoms with van der Waals surface area (Å²) in [6.07, 6.45) is 0.968. The van der Waals surface area contributed by atoms with Gasteiger partial charge < -0.3 is 5.11 Å². The van der Waals surface area contributed by atoms with Crippen LogP contribution in [-0.4, -0.2) is 16.9 Å². The normalized spacial score (nSPS) is 11.5. The lowest BCUT2D eigenvalue weighted by Crippen LogP contribution is -2.03. The lowest BCUT2D eigenvalue weighted by Gasteiger charge is -1.98. The van der Waals surface area contributed by atoms with Gasteiger partial charge in [0.2, 0.25) is 0 Å². The second-order valence-corrected chi connectivity index (χ2v) is 3.41. The molecule has 1 atom stereocenters. The van der Waals surface area contributed by atoms with Gasteiger partial charge in [0.15, 0.2) is 0 Å². The largest absolute Gasteiger partial charge is 0.481 e. The molecule has 0 rings (SSSR count). The first-order chi connectivity index (χ1) is 5.82. The topological polar surface area (TPSA) is 54.4 Å². The fourth-order valence-electron chi connectivity index (χ4n) is 0.287. The molecule has 3 nitrogen and oxygen atoms in total. The molecule has 1 N–H and O–H groups in total. The van der Waals surface area contributed by atoms with Gasteiger partial charge in [-0.15, -0.1) is 0 Å². The maximum Gasteiger partial charge on any atom is 0.305 e. The number of carbonyl (C=O) groups excluding carboxylic acids is 1. The molecule has 0 heterocycles. The van der Waals surface area contributed by atoms with Crippen LogP contribution in [0.2, 0.25) is 0 Å². The average molecular weight is 188 g/mol. The van der Waals surface area contributed by atoms with Gasteiger partial charge in [-0.3, -0.25) is 9.59 Å². The number of rotatable bonds is 3. The molecule has 0 aromatic heterocycles. The van der Waals surface area contributed by atoms with Gasteiger partial charge in [0.25, 0.3) is 0 Å². The summed E-state index contributed by atoms with van der Waals surface area (Å²) in [5.74, 6) is -0.414. The van der Waals surface area contributed by atoms with Crippen LogP contribution in [0.5, 0.6) is 0 Å². The molecule has 0 radical (unpaired) electrons. The maximum absolute atomic E-state index is 10.4. The highest BCUT2D eigenvalue weighted by Gasteiger charge is 2.01. The molecule has 0 fully saturated rings. The van der Waals surface area contributed by atoms with Crippen LogP contribution in [-0.2, 0) is 9.59 Å². The van der Waals surface area contributed by atoms with Crippen molar-refractivity contribution in [3.8, 4) is 0 Å². The number of hydrogen-bond acceptors (Lipinski definition) is 2. The van der Waals surface area contributed by atoms with E-state index in [0.717, 1.165) is 6.42 Å². The zero-order valence-corrected chi connectivity index (χ0v) is 9.13. The van der Waals surface area contributed by atoms with E-state index in [-0.39, 0.29) is 11.8 Å². The Labute approximate surface area is 80.1 Å². The van der Waals surface area contributed by atoms with Crippen LogP contribution in [0.3, 0.4) is 0 Å². The van der Waals surface area contributed by atoms with Gasteiger partial charge in [0.1, 0.15) is 5.78 Å². The Hall–Kier alpha value is -0.860. The molecule has 0 aromatic rings. The highest BCUT2D eigenvalue weighted by atomic mass is 16.4. The van der Waals surface area contributed by atoms with E-state index in [0.29, 0.717) is 5.78 Å². The van der Waals surface area contributed by atoms with Gasteiger partial charge in [0.05, 0.1) is 5.92 Å². The van der Waals surface area contributed by atoms with Crippen LogP contribution in [0, 0.1) is 11.8 Å². The zero-order valence-electron chi connectivity index (χ0n) is 9.13. The van der Waals surface area contributed by atoms with Crippen molar-refractivity contribution in [2.45, 2.75) is 41.0 Å². The fourth-order valence-corrected chi connectivity index (χ4v) is 0.287. The minimum atomic E-state index is -0.741. The molecule has 0 aliphatic heterocycles. The van der Waals surface area contributed by atoms with Crippen molar-refractivity contribution in [2.24, 2.45) is 11.8 Å². The van der Waals surface area contributed by atoms with Gasteiger partial charge in [-0.25, -0.2) is 0 Å². The molecule has 0 bridgehead atoms.